The molecule has 160 valence electrons. The Morgan fingerprint density at radius 3 is 2.47 bits per heavy atom. The maximum absolute atomic E-state index is 13.3. The summed E-state index contributed by atoms with van der Waals surface area (Å²) in [5, 5.41) is 6.40. The van der Waals surface area contributed by atoms with Gasteiger partial charge in [-0.2, -0.15) is 0 Å². The molecule has 1 aliphatic rings. The summed E-state index contributed by atoms with van der Waals surface area (Å²) in [4.78, 5) is 2.30. The van der Waals surface area contributed by atoms with E-state index in [0.29, 0.717) is 34.5 Å². The number of thiocarbonyl (C=S) groups is 1. The zero-order chi connectivity index (χ0) is 21.6. The molecule has 1 aliphatic heterocycles. The number of rotatable bonds is 8. The van der Waals surface area contributed by atoms with E-state index < -0.39 is 10.0 Å². The fourth-order valence-electron chi connectivity index (χ4n) is 3.24. The first-order valence-electron chi connectivity index (χ1n) is 9.64. The molecule has 0 atom stereocenters. The predicted molar refractivity (Wildman–Crippen MR) is 126 cm³/mol. The van der Waals surface area contributed by atoms with Crippen LogP contribution in [0.15, 0.2) is 60.0 Å². The molecule has 0 bridgehead atoms. The number of hydrogen-bond acceptors (Lipinski definition) is 5. The number of nitrogens with zero attached hydrogens (tertiary/aromatic N) is 1. The van der Waals surface area contributed by atoms with Crippen molar-refractivity contribution in [3.05, 3.63) is 55.1 Å². The lowest BCUT2D eigenvalue weighted by atomic mass is 10.2. The van der Waals surface area contributed by atoms with Crippen LogP contribution in [0.25, 0.3) is 0 Å². The molecular formula is C21H26N4O3S2. The fourth-order valence-corrected chi connectivity index (χ4v) is 4.75. The predicted octanol–water partition coefficient (Wildman–Crippen LogP) is 3.57. The van der Waals surface area contributed by atoms with Gasteiger partial charge in [0.2, 0.25) is 0 Å². The second-order valence-electron chi connectivity index (χ2n) is 6.83. The Balaban J connectivity index is 1.92. The quantitative estimate of drug-likeness (QED) is 0.422. The molecule has 30 heavy (non-hydrogen) atoms. The summed E-state index contributed by atoms with van der Waals surface area (Å²) in [5.74, 6) is 0.655. The van der Waals surface area contributed by atoms with Crippen molar-refractivity contribution in [1.29, 1.82) is 0 Å². The van der Waals surface area contributed by atoms with Gasteiger partial charge < -0.3 is 20.3 Å². The zero-order valence-corrected chi connectivity index (χ0v) is 18.5. The minimum Gasteiger partial charge on any atom is -0.497 e. The SMILES string of the molecule is C=CCNC(=S)Nc1ccc(N2CCCC2)c(S(=O)(=O)Nc2ccc(OC)cc2)c1. The monoisotopic (exact) mass is 446 g/mol. The van der Waals surface area contributed by atoms with Gasteiger partial charge in [-0.3, -0.25) is 4.72 Å². The molecule has 0 aliphatic carbocycles. The van der Waals surface area contributed by atoms with Gasteiger partial charge >= 0.3 is 0 Å². The van der Waals surface area contributed by atoms with Crippen molar-refractivity contribution < 1.29 is 13.2 Å². The van der Waals surface area contributed by atoms with E-state index in [0.717, 1.165) is 25.9 Å². The number of nitrogens with one attached hydrogen (secondary N) is 3. The second-order valence-corrected chi connectivity index (χ2v) is 8.89. The Kier molecular flexibility index (Phi) is 7.17. The fraction of sp³-hybridized carbons (Fsp3) is 0.286. The molecule has 2 aromatic carbocycles. The summed E-state index contributed by atoms with van der Waals surface area (Å²) in [7, 11) is -2.26. The molecule has 0 amide bonds. The number of anilines is 3. The number of sulfonamides is 1. The first kappa shape index (κ1) is 21.9. The van der Waals surface area contributed by atoms with Crippen molar-refractivity contribution >= 4 is 44.4 Å². The molecular weight excluding hydrogens is 420 g/mol. The Morgan fingerprint density at radius 2 is 1.83 bits per heavy atom. The third-order valence-electron chi connectivity index (χ3n) is 4.70. The van der Waals surface area contributed by atoms with Crippen molar-refractivity contribution in [1.82, 2.24) is 5.32 Å². The highest BCUT2D eigenvalue weighted by Crippen LogP contribution is 2.32. The molecule has 1 fully saturated rings. The lowest BCUT2D eigenvalue weighted by Crippen LogP contribution is -2.28. The number of ether oxygens (including phenoxy) is 1. The summed E-state index contributed by atoms with van der Waals surface area (Å²) in [6.07, 6.45) is 3.78. The maximum atomic E-state index is 13.3. The summed E-state index contributed by atoms with van der Waals surface area (Å²) in [5.41, 5.74) is 1.74. The van der Waals surface area contributed by atoms with Gasteiger partial charge in [-0.25, -0.2) is 8.42 Å². The highest BCUT2D eigenvalue weighted by molar-refractivity contribution is 7.93. The molecule has 3 rings (SSSR count). The van der Waals surface area contributed by atoms with E-state index in [1.807, 2.05) is 12.1 Å². The first-order chi connectivity index (χ1) is 14.4. The minimum atomic E-state index is -3.83. The van der Waals surface area contributed by atoms with Gasteiger partial charge in [-0.05, 0) is 67.5 Å². The summed E-state index contributed by atoms with van der Waals surface area (Å²) in [6, 6.07) is 12.0. The standard InChI is InChI=1S/C21H26N4O3S2/c1-3-12-22-21(29)23-17-8-11-19(25-13-4-5-14-25)20(15-17)30(26,27)24-16-6-9-18(28-2)10-7-16/h3,6-11,15,24H,1,4-5,12-14H2,2H3,(H2,22,23,29). The van der Waals surface area contributed by atoms with Crippen molar-refractivity contribution in [2.75, 3.05) is 41.7 Å². The van der Waals surface area contributed by atoms with Crippen LogP contribution in [-0.4, -0.2) is 40.3 Å². The van der Waals surface area contributed by atoms with Crippen molar-refractivity contribution in [2.45, 2.75) is 17.7 Å². The first-order valence-corrected chi connectivity index (χ1v) is 11.5. The van der Waals surface area contributed by atoms with Crippen molar-refractivity contribution in [3.8, 4) is 5.75 Å². The molecule has 0 aromatic heterocycles. The normalized spacial score (nSPS) is 13.6. The minimum absolute atomic E-state index is 0.205. The lowest BCUT2D eigenvalue weighted by Gasteiger charge is -2.23. The van der Waals surface area contributed by atoms with Crippen LogP contribution in [0.5, 0.6) is 5.75 Å². The van der Waals surface area contributed by atoms with E-state index in [-0.39, 0.29) is 4.90 Å². The molecule has 3 N–H and O–H groups in total. The van der Waals surface area contributed by atoms with E-state index in [9.17, 15) is 8.42 Å². The molecule has 2 aromatic rings. The van der Waals surface area contributed by atoms with Gasteiger partial charge in [0.1, 0.15) is 10.6 Å². The highest BCUT2D eigenvalue weighted by atomic mass is 32.2. The Hall–Kier alpha value is -2.78. The van der Waals surface area contributed by atoms with Crippen LogP contribution in [0.1, 0.15) is 12.8 Å². The molecule has 0 spiro atoms. The smallest absolute Gasteiger partial charge is 0.264 e. The van der Waals surface area contributed by atoms with E-state index in [2.05, 4.69) is 26.8 Å². The van der Waals surface area contributed by atoms with Gasteiger partial charge in [0.25, 0.3) is 10.0 Å². The van der Waals surface area contributed by atoms with Crippen molar-refractivity contribution in [2.24, 2.45) is 0 Å². The van der Waals surface area contributed by atoms with E-state index >= 15 is 0 Å². The van der Waals surface area contributed by atoms with Crippen LogP contribution in [0.4, 0.5) is 17.1 Å². The van der Waals surface area contributed by atoms with Gasteiger partial charge in [0.15, 0.2) is 5.11 Å². The maximum Gasteiger partial charge on any atom is 0.264 e. The number of hydrogen-bond donors (Lipinski definition) is 3. The Labute approximate surface area is 183 Å². The third kappa shape index (κ3) is 5.43. The molecule has 1 saturated heterocycles. The highest BCUT2D eigenvalue weighted by Gasteiger charge is 2.24. The molecule has 7 nitrogen and oxygen atoms in total. The number of benzene rings is 2. The Bertz CT molecular complexity index is 1000. The molecule has 0 unspecified atom stereocenters. The Morgan fingerprint density at radius 1 is 1.17 bits per heavy atom. The van der Waals surface area contributed by atoms with Crippen LogP contribution >= 0.6 is 12.2 Å². The molecule has 0 saturated carbocycles. The number of methoxy groups -OCH3 is 1. The van der Waals surface area contributed by atoms with Gasteiger partial charge in [0.05, 0.1) is 12.8 Å². The summed E-state index contributed by atoms with van der Waals surface area (Å²) in [6.45, 7) is 5.82. The summed E-state index contributed by atoms with van der Waals surface area (Å²) < 4.78 is 34.4. The van der Waals surface area contributed by atoms with Crippen LogP contribution in [0.3, 0.4) is 0 Å². The summed E-state index contributed by atoms with van der Waals surface area (Å²) >= 11 is 5.25. The van der Waals surface area contributed by atoms with Crippen LogP contribution in [0.2, 0.25) is 0 Å². The van der Waals surface area contributed by atoms with Gasteiger partial charge in [-0.1, -0.05) is 6.08 Å². The van der Waals surface area contributed by atoms with Gasteiger partial charge in [-0.15, -0.1) is 6.58 Å². The van der Waals surface area contributed by atoms with Crippen LogP contribution in [0, 0.1) is 0 Å². The topological polar surface area (TPSA) is 82.7 Å². The second kappa shape index (κ2) is 9.82. The van der Waals surface area contributed by atoms with E-state index in [1.165, 1.54) is 0 Å². The molecule has 1 heterocycles. The van der Waals surface area contributed by atoms with Crippen LogP contribution < -0.4 is 25.0 Å². The van der Waals surface area contributed by atoms with E-state index in [4.69, 9.17) is 17.0 Å². The van der Waals surface area contributed by atoms with E-state index in [1.54, 1.807) is 43.5 Å². The van der Waals surface area contributed by atoms with Gasteiger partial charge in [0, 0.05) is 31.0 Å². The molecule has 9 heteroatoms. The average molecular weight is 447 g/mol. The lowest BCUT2D eigenvalue weighted by molar-refractivity contribution is 0.415. The third-order valence-corrected chi connectivity index (χ3v) is 6.36. The van der Waals surface area contributed by atoms with Crippen LogP contribution in [-0.2, 0) is 10.0 Å². The molecule has 0 radical (unpaired) electrons. The van der Waals surface area contributed by atoms with Crippen molar-refractivity contribution in [3.63, 3.8) is 0 Å². The average Bonchev–Trinajstić information content (AvgIpc) is 3.27. The zero-order valence-electron chi connectivity index (χ0n) is 16.8. The largest absolute Gasteiger partial charge is 0.497 e.